The summed E-state index contributed by atoms with van der Waals surface area (Å²) in [6.45, 7) is 15.7. The van der Waals surface area contributed by atoms with E-state index in [4.69, 9.17) is 11.3 Å². The van der Waals surface area contributed by atoms with E-state index in [0.717, 1.165) is 18.0 Å². The van der Waals surface area contributed by atoms with Gasteiger partial charge in [0.1, 0.15) is 0 Å². The number of nitrogens with zero attached hydrogens (tertiary/aromatic N) is 2. The minimum atomic E-state index is -1.17. The molecule has 0 atom stereocenters. The highest BCUT2D eigenvalue weighted by Crippen LogP contribution is 2.26. The van der Waals surface area contributed by atoms with Gasteiger partial charge in [0.2, 0.25) is 0 Å². The second-order valence-electron chi connectivity index (χ2n) is 7.01. The molecule has 0 N–H and O–H groups in total. The van der Waals surface area contributed by atoms with Crippen LogP contribution in [-0.2, 0) is 4.74 Å². The highest BCUT2D eigenvalue weighted by atomic mass is 28.3. The Bertz CT molecular complexity index is 641. The van der Waals surface area contributed by atoms with Crippen LogP contribution in [0, 0.1) is 6.57 Å². The van der Waals surface area contributed by atoms with Crippen molar-refractivity contribution in [2.24, 2.45) is 0 Å². The van der Waals surface area contributed by atoms with Gasteiger partial charge in [-0.2, -0.15) is 0 Å². The van der Waals surface area contributed by atoms with Crippen LogP contribution < -0.4 is 0 Å². The van der Waals surface area contributed by atoms with E-state index in [2.05, 4.69) is 30.6 Å². The first-order valence-electron chi connectivity index (χ1n) is 7.98. The Kier molecular flexibility index (Phi) is 5.62. The van der Waals surface area contributed by atoms with E-state index < -0.39 is 8.07 Å². The van der Waals surface area contributed by atoms with Gasteiger partial charge in [-0.25, -0.2) is 9.64 Å². The van der Waals surface area contributed by atoms with Gasteiger partial charge in [0.05, 0.1) is 13.2 Å². The lowest BCUT2D eigenvalue weighted by molar-refractivity contribution is 0.111. The summed E-state index contributed by atoms with van der Waals surface area (Å²) in [5, 5.41) is 0. The molecule has 23 heavy (non-hydrogen) atoms. The fourth-order valence-corrected chi connectivity index (χ4v) is 3.12. The van der Waals surface area contributed by atoms with Gasteiger partial charge < -0.3 is 9.64 Å². The maximum absolute atomic E-state index is 12.1. The van der Waals surface area contributed by atoms with Crippen molar-refractivity contribution >= 4 is 25.4 Å². The Balaban J connectivity index is 1.90. The Labute approximate surface area is 139 Å². The first-order chi connectivity index (χ1) is 10.9. The zero-order chi connectivity index (χ0) is 16.9. The van der Waals surface area contributed by atoms with E-state index in [-0.39, 0.29) is 6.09 Å². The van der Waals surface area contributed by atoms with Crippen molar-refractivity contribution < 1.29 is 9.53 Å². The molecule has 122 valence electrons. The third-order valence-electron chi connectivity index (χ3n) is 3.89. The molecule has 0 unspecified atom stereocenters. The van der Waals surface area contributed by atoms with Gasteiger partial charge in [0.25, 0.3) is 0 Å². The van der Waals surface area contributed by atoms with Crippen molar-refractivity contribution in [2.45, 2.75) is 32.1 Å². The van der Waals surface area contributed by atoms with E-state index in [0.29, 0.717) is 25.4 Å². The lowest BCUT2D eigenvalue weighted by atomic mass is 9.99. The summed E-state index contributed by atoms with van der Waals surface area (Å²) in [5.74, 6) is 0. The predicted octanol–water partition coefficient (Wildman–Crippen LogP) is 4.80. The molecule has 0 fully saturated rings. The number of hydrogen-bond acceptors (Lipinski definition) is 2. The van der Waals surface area contributed by atoms with Crippen molar-refractivity contribution in [3.05, 3.63) is 47.3 Å². The first kappa shape index (κ1) is 17.3. The van der Waals surface area contributed by atoms with Crippen LogP contribution in [0.5, 0.6) is 0 Å². The van der Waals surface area contributed by atoms with Crippen molar-refractivity contribution in [1.82, 2.24) is 4.90 Å². The van der Waals surface area contributed by atoms with Gasteiger partial charge in [-0.3, -0.25) is 0 Å². The Morgan fingerprint density at radius 3 is 2.78 bits per heavy atom. The molecule has 0 saturated heterocycles. The van der Waals surface area contributed by atoms with E-state index in [1.807, 2.05) is 24.3 Å². The number of rotatable bonds is 4. The number of benzene rings is 1. The maximum atomic E-state index is 12.1. The predicted molar refractivity (Wildman–Crippen MR) is 96.4 cm³/mol. The van der Waals surface area contributed by atoms with Crippen LogP contribution in [0.3, 0.4) is 0 Å². The molecule has 0 spiro atoms. The zero-order valence-corrected chi connectivity index (χ0v) is 15.1. The van der Waals surface area contributed by atoms with Gasteiger partial charge in [0, 0.05) is 21.2 Å². The van der Waals surface area contributed by atoms with Gasteiger partial charge in [-0.05, 0) is 29.7 Å². The smallest absolute Gasteiger partial charge is 0.410 e. The summed E-state index contributed by atoms with van der Waals surface area (Å²) in [6.07, 6.45) is 2.64. The third-order valence-corrected chi connectivity index (χ3v) is 5.60. The number of carbonyl (C=O) groups is 1. The largest absolute Gasteiger partial charge is 0.450 e. The first-order valence-corrected chi connectivity index (χ1v) is 11.7. The molecule has 1 amide bonds. The monoisotopic (exact) mass is 328 g/mol. The fraction of sp³-hybridized carbons (Fsp3) is 0.444. The topological polar surface area (TPSA) is 33.9 Å². The molecule has 0 bridgehead atoms. The summed E-state index contributed by atoms with van der Waals surface area (Å²) in [4.78, 5) is 17.3. The van der Waals surface area contributed by atoms with Crippen molar-refractivity contribution in [3.63, 3.8) is 0 Å². The second kappa shape index (κ2) is 7.47. The van der Waals surface area contributed by atoms with Gasteiger partial charge >= 0.3 is 6.09 Å². The van der Waals surface area contributed by atoms with Crippen molar-refractivity contribution in [1.29, 1.82) is 0 Å². The van der Waals surface area contributed by atoms with Crippen LogP contribution in [0.1, 0.15) is 12.0 Å². The van der Waals surface area contributed by atoms with Crippen molar-refractivity contribution in [2.75, 3.05) is 19.7 Å². The van der Waals surface area contributed by atoms with E-state index in [9.17, 15) is 4.79 Å². The molecule has 5 heteroatoms. The molecule has 0 saturated carbocycles. The summed E-state index contributed by atoms with van der Waals surface area (Å²) in [7, 11) is -1.17. The highest BCUT2D eigenvalue weighted by molar-refractivity contribution is 6.76. The van der Waals surface area contributed by atoms with E-state index >= 15 is 0 Å². The molecule has 1 aromatic carbocycles. The summed E-state index contributed by atoms with van der Waals surface area (Å²) in [6, 6.07) is 8.63. The average molecular weight is 328 g/mol. The van der Waals surface area contributed by atoms with Crippen LogP contribution in [0.4, 0.5) is 10.5 Å². The third kappa shape index (κ3) is 5.26. The molecule has 1 aromatic rings. The minimum Gasteiger partial charge on any atom is -0.450 e. The van der Waals surface area contributed by atoms with E-state index in [1.165, 1.54) is 5.57 Å². The highest BCUT2D eigenvalue weighted by Gasteiger charge is 2.20. The van der Waals surface area contributed by atoms with Gasteiger partial charge in [0.15, 0.2) is 5.69 Å². The van der Waals surface area contributed by atoms with Crippen LogP contribution >= 0.6 is 0 Å². The second-order valence-corrected chi connectivity index (χ2v) is 12.6. The molecule has 2 rings (SSSR count). The SMILES string of the molecule is [C-]#[N+]c1cccc(C2=CCN(C(=O)OCC[Si](C)(C)C)CC2)c1. The zero-order valence-electron chi connectivity index (χ0n) is 14.1. The number of amides is 1. The number of hydrogen-bond donors (Lipinski definition) is 0. The molecule has 4 nitrogen and oxygen atoms in total. The molecule has 0 radical (unpaired) electrons. The van der Waals surface area contributed by atoms with Gasteiger partial charge in [-0.15, -0.1) is 0 Å². The molecular formula is C18H24N2O2Si. The molecule has 1 heterocycles. The summed E-state index contributed by atoms with van der Waals surface area (Å²) in [5.41, 5.74) is 2.92. The minimum absolute atomic E-state index is 0.214. The molecule has 0 aliphatic carbocycles. The molecule has 1 aliphatic rings. The molecular weight excluding hydrogens is 304 g/mol. The van der Waals surface area contributed by atoms with Crippen LogP contribution in [0.15, 0.2) is 30.3 Å². The fourth-order valence-electron chi connectivity index (χ4n) is 2.41. The maximum Gasteiger partial charge on any atom is 0.410 e. The summed E-state index contributed by atoms with van der Waals surface area (Å²) >= 11 is 0. The molecule has 1 aliphatic heterocycles. The van der Waals surface area contributed by atoms with Crippen LogP contribution in [0.25, 0.3) is 10.4 Å². The van der Waals surface area contributed by atoms with Crippen LogP contribution in [0.2, 0.25) is 25.7 Å². The number of carbonyl (C=O) groups excluding carboxylic acids is 1. The average Bonchev–Trinajstić information content (AvgIpc) is 2.54. The summed E-state index contributed by atoms with van der Waals surface area (Å²) < 4.78 is 5.39. The Morgan fingerprint density at radius 2 is 2.17 bits per heavy atom. The normalized spacial score (nSPS) is 14.9. The lowest BCUT2D eigenvalue weighted by Crippen LogP contribution is -2.36. The quantitative estimate of drug-likeness (QED) is 0.587. The number of ether oxygens (including phenoxy) is 1. The standard InChI is InChI=1S/C18H24N2O2Si/c1-19-17-7-5-6-16(14-17)15-8-10-20(11-9-15)18(21)22-12-13-23(2,3)4/h5-8,14H,9-13H2,2-4H3. The molecule has 0 aromatic heterocycles. The van der Waals surface area contributed by atoms with Gasteiger partial charge in [-0.1, -0.05) is 43.9 Å². The Hall–Kier alpha value is -2.06. The van der Waals surface area contributed by atoms with E-state index in [1.54, 1.807) is 4.90 Å². The Morgan fingerprint density at radius 1 is 1.39 bits per heavy atom. The van der Waals surface area contributed by atoms with Crippen LogP contribution in [-0.4, -0.2) is 38.8 Å². The lowest BCUT2D eigenvalue weighted by Gasteiger charge is -2.26. The van der Waals surface area contributed by atoms with Crippen molar-refractivity contribution in [3.8, 4) is 0 Å².